The summed E-state index contributed by atoms with van der Waals surface area (Å²) in [6, 6.07) is 8.12. The Labute approximate surface area is 175 Å². The first-order valence-corrected chi connectivity index (χ1v) is 10.2. The van der Waals surface area contributed by atoms with Crippen LogP contribution in [0.15, 0.2) is 24.3 Å². The molecule has 154 valence electrons. The number of ether oxygens (including phenoxy) is 2. The van der Waals surface area contributed by atoms with E-state index in [0.29, 0.717) is 23.7 Å². The van der Waals surface area contributed by atoms with E-state index >= 15 is 0 Å². The SMILES string of the molecule is Cc1cc(C)n(CN2CCN(Cc3ccc4c(c3)OCO4)CC2)c(=S)c1C(N)=O. The summed E-state index contributed by atoms with van der Waals surface area (Å²) < 4.78 is 13.4. The van der Waals surface area contributed by atoms with Crippen LogP contribution >= 0.6 is 12.2 Å². The van der Waals surface area contributed by atoms with Crippen LogP contribution in [-0.4, -0.2) is 53.2 Å². The first-order chi connectivity index (χ1) is 13.9. The molecule has 8 heteroatoms. The minimum absolute atomic E-state index is 0.301. The van der Waals surface area contributed by atoms with E-state index in [-0.39, 0.29) is 0 Å². The third-order valence-electron chi connectivity index (χ3n) is 5.60. The Morgan fingerprint density at radius 3 is 2.48 bits per heavy atom. The van der Waals surface area contributed by atoms with Crippen molar-refractivity contribution in [2.75, 3.05) is 33.0 Å². The summed E-state index contributed by atoms with van der Waals surface area (Å²) in [5, 5.41) is 0. The second-order valence-electron chi connectivity index (χ2n) is 7.66. The van der Waals surface area contributed by atoms with Crippen LogP contribution in [0, 0.1) is 18.5 Å². The van der Waals surface area contributed by atoms with E-state index in [1.165, 1.54) is 5.56 Å². The smallest absolute Gasteiger partial charge is 0.251 e. The fourth-order valence-corrected chi connectivity index (χ4v) is 4.45. The zero-order chi connectivity index (χ0) is 20.5. The van der Waals surface area contributed by atoms with Crippen LogP contribution in [0.1, 0.15) is 27.2 Å². The Kier molecular flexibility index (Phi) is 5.58. The summed E-state index contributed by atoms with van der Waals surface area (Å²) in [6.45, 7) is 9.56. The average molecular weight is 415 g/mol. The molecule has 0 spiro atoms. The van der Waals surface area contributed by atoms with Crippen LogP contribution in [0.2, 0.25) is 0 Å². The maximum Gasteiger partial charge on any atom is 0.251 e. The lowest BCUT2D eigenvalue weighted by Crippen LogP contribution is -2.46. The number of nitrogens with zero attached hydrogens (tertiary/aromatic N) is 3. The van der Waals surface area contributed by atoms with Crippen LogP contribution in [0.5, 0.6) is 11.5 Å². The van der Waals surface area contributed by atoms with Gasteiger partial charge in [0.1, 0.15) is 4.64 Å². The van der Waals surface area contributed by atoms with E-state index < -0.39 is 5.91 Å². The predicted octanol–water partition coefficient (Wildman–Crippen LogP) is 2.44. The van der Waals surface area contributed by atoms with Crippen molar-refractivity contribution in [3.8, 4) is 11.5 Å². The molecule has 0 aliphatic carbocycles. The molecular weight excluding hydrogens is 388 g/mol. The van der Waals surface area contributed by atoms with E-state index in [0.717, 1.165) is 55.5 Å². The second kappa shape index (κ2) is 8.14. The van der Waals surface area contributed by atoms with Gasteiger partial charge in [-0.2, -0.15) is 0 Å². The summed E-state index contributed by atoms with van der Waals surface area (Å²) in [4.78, 5) is 16.6. The van der Waals surface area contributed by atoms with E-state index in [1.807, 2.05) is 30.5 Å². The van der Waals surface area contributed by atoms with Crippen molar-refractivity contribution in [3.05, 3.63) is 51.3 Å². The number of pyridine rings is 1. The van der Waals surface area contributed by atoms with E-state index in [1.54, 1.807) is 0 Å². The summed E-state index contributed by atoms with van der Waals surface area (Å²) in [5.41, 5.74) is 9.09. The van der Waals surface area contributed by atoms with Gasteiger partial charge in [-0.25, -0.2) is 0 Å². The molecule has 1 aromatic heterocycles. The number of hydrogen-bond donors (Lipinski definition) is 1. The summed E-state index contributed by atoms with van der Waals surface area (Å²) in [5.74, 6) is 1.18. The molecule has 0 bridgehead atoms. The average Bonchev–Trinajstić information content (AvgIpc) is 3.14. The van der Waals surface area contributed by atoms with Gasteiger partial charge in [-0.05, 0) is 43.2 Å². The number of benzene rings is 1. The first-order valence-electron chi connectivity index (χ1n) is 9.76. The van der Waals surface area contributed by atoms with E-state index in [9.17, 15) is 4.79 Å². The molecule has 1 amide bonds. The molecule has 2 N–H and O–H groups in total. The number of rotatable bonds is 5. The Balaban J connectivity index is 1.39. The zero-order valence-corrected chi connectivity index (χ0v) is 17.6. The Morgan fingerprint density at radius 2 is 1.76 bits per heavy atom. The second-order valence-corrected chi connectivity index (χ2v) is 8.05. The van der Waals surface area contributed by atoms with Crippen molar-refractivity contribution in [1.82, 2.24) is 14.4 Å². The molecular formula is C21H26N4O3S. The third-order valence-corrected chi connectivity index (χ3v) is 6.02. The maximum atomic E-state index is 11.8. The van der Waals surface area contributed by atoms with Crippen LogP contribution in [0.3, 0.4) is 0 Å². The predicted molar refractivity (Wildman–Crippen MR) is 113 cm³/mol. The number of fused-ring (bicyclic) bond motifs is 1. The topological polar surface area (TPSA) is 73.0 Å². The number of piperazine rings is 1. The number of carbonyl (C=O) groups is 1. The largest absolute Gasteiger partial charge is 0.454 e. The highest BCUT2D eigenvalue weighted by atomic mass is 32.1. The number of primary amides is 1. The van der Waals surface area contributed by atoms with Crippen molar-refractivity contribution in [1.29, 1.82) is 0 Å². The van der Waals surface area contributed by atoms with Gasteiger partial charge in [-0.15, -0.1) is 0 Å². The molecule has 1 fully saturated rings. The van der Waals surface area contributed by atoms with Crippen LogP contribution < -0.4 is 15.2 Å². The maximum absolute atomic E-state index is 11.8. The highest BCUT2D eigenvalue weighted by molar-refractivity contribution is 7.71. The Morgan fingerprint density at radius 1 is 1.07 bits per heavy atom. The van der Waals surface area contributed by atoms with Crippen molar-refractivity contribution >= 4 is 18.1 Å². The van der Waals surface area contributed by atoms with Gasteiger partial charge in [-0.3, -0.25) is 14.6 Å². The molecule has 2 aliphatic rings. The Hall–Kier alpha value is -2.42. The molecule has 2 aromatic rings. The van der Waals surface area contributed by atoms with Gasteiger partial charge >= 0.3 is 0 Å². The molecule has 0 unspecified atom stereocenters. The highest BCUT2D eigenvalue weighted by Gasteiger charge is 2.20. The number of nitrogens with two attached hydrogens (primary N) is 1. The lowest BCUT2D eigenvalue weighted by molar-refractivity contribution is 0.0982. The number of aryl methyl sites for hydroxylation is 2. The zero-order valence-electron chi connectivity index (χ0n) is 16.8. The molecule has 1 saturated heterocycles. The molecule has 0 atom stereocenters. The normalized spacial score (nSPS) is 16.9. The van der Waals surface area contributed by atoms with Gasteiger partial charge in [-0.1, -0.05) is 18.3 Å². The highest BCUT2D eigenvalue weighted by Crippen LogP contribution is 2.32. The quantitative estimate of drug-likeness (QED) is 0.758. The lowest BCUT2D eigenvalue weighted by atomic mass is 10.1. The van der Waals surface area contributed by atoms with E-state index in [2.05, 4.69) is 21.9 Å². The summed E-state index contributed by atoms with van der Waals surface area (Å²) in [6.07, 6.45) is 0. The van der Waals surface area contributed by atoms with Crippen LogP contribution in [-0.2, 0) is 13.2 Å². The van der Waals surface area contributed by atoms with E-state index in [4.69, 9.17) is 27.4 Å². The fourth-order valence-electron chi connectivity index (χ4n) is 3.99. The molecule has 7 nitrogen and oxygen atoms in total. The lowest BCUT2D eigenvalue weighted by Gasteiger charge is -2.35. The van der Waals surface area contributed by atoms with Gasteiger partial charge in [0, 0.05) is 38.4 Å². The molecule has 1 aromatic carbocycles. The monoisotopic (exact) mass is 414 g/mol. The van der Waals surface area contributed by atoms with Gasteiger partial charge in [0.15, 0.2) is 11.5 Å². The molecule has 0 saturated carbocycles. The molecule has 3 heterocycles. The van der Waals surface area contributed by atoms with Crippen molar-refractivity contribution in [2.45, 2.75) is 27.1 Å². The summed E-state index contributed by atoms with van der Waals surface area (Å²) in [7, 11) is 0. The summed E-state index contributed by atoms with van der Waals surface area (Å²) >= 11 is 5.56. The van der Waals surface area contributed by atoms with Crippen molar-refractivity contribution in [2.24, 2.45) is 5.73 Å². The van der Waals surface area contributed by atoms with Gasteiger partial charge in [0.2, 0.25) is 6.79 Å². The number of hydrogen-bond acceptors (Lipinski definition) is 6. The number of aromatic nitrogens is 1. The minimum atomic E-state index is -0.463. The van der Waals surface area contributed by atoms with Crippen LogP contribution in [0.25, 0.3) is 0 Å². The minimum Gasteiger partial charge on any atom is -0.454 e. The fraction of sp³-hybridized carbons (Fsp3) is 0.429. The van der Waals surface area contributed by atoms with Gasteiger partial charge in [0.05, 0.1) is 12.2 Å². The number of carbonyl (C=O) groups excluding carboxylic acids is 1. The molecule has 2 aliphatic heterocycles. The van der Waals surface area contributed by atoms with Crippen molar-refractivity contribution < 1.29 is 14.3 Å². The molecule has 29 heavy (non-hydrogen) atoms. The van der Waals surface area contributed by atoms with Crippen LogP contribution in [0.4, 0.5) is 0 Å². The van der Waals surface area contributed by atoms with Gasteiger partial charge < -0.3 is 19.8 Å². The van der Waals surface area contributed by atoms with Crippen molar-refractivity contribution in [3.63, 3.8) is 0 Å². The number of amides is 1. The Bertz CT molecular complexity index is 996. The first kappa shape index (κ1) is 19.9. The molecule has 4 rings (SSSR count). The molecule has 0 radical (unpaired) electrons. The third kappa shape index (κ3) is 4.14. The van der Waals surface area contributed by atoms with Gasteiger partial charge in [0.25, 0.3) is 5.91 Å². The standard InChI is InChI=1S/C21H26N4O3S/c1-14-9-15(2)25(21(29)19(14)20(22)26)12-24-7-5-23(6-8-24)11-16-3-4-17-18(10-16)28-13-27-17/h3-4,9-10H,5-8,11-13H2,1-2H3,(H2,22,26).